The van der Waals surface area contributed by atoms with E-state index < -0.39 is 11.9 Å². The molecule has 176 valence electrons. The first kappa shape index (κ1) is 25.0. The molecule has 7 heteroatoms. The molecule has 1 unspecified atom stereocenters. The Balaban J connectivity index is 2.03. The Kier molecular flexibility index (Phi) is 8.82. The molecule has 0 saturated carbocycles. The summed E-state index contributed by atoms with van der Waals surface area (Å²) in [5.74, 6) is -1.24. The summed E-state index contributed by atoms with van der Waals surface area (Å²) >= 11 is 6.54. The molecule has 0 spiro atoms. The van der Waals surface area contributed by atoms with Crippen LogP contribution in [0.15, 0.2) is 88.7 Å². The number of nitrogens with two attached hydrogens (primary N) is 1. The summed E-state index contributed by atoms with van der Waals surface area (Å²) in [6.45, 7) is 3.96. The van der Waals surface area contributed by atoms with Gasteiger partial charge in [-0.3, -0.25) is 4.79 Å². The summed E-state index contributed by atoms with van der Waals surface area (Å²) < 4.78 is 5.37. The van der Waals surface area contributed by atoms with Gasteiger partial charge in [-0.2, -0.15) is 0 Å². The summed E-state index contributed by atoms with van der Waals surface area (Å²) in [6, 6.07) is 16.7. The zero-order chi connectivity index (χ0) is 24.5. The molecule has 2 aromatic carbocycles. The minimum Gasteiger partial charge on any atom is -0.463 e. The minimum atomic E-state index is -0.634. The van der Waals surface area contributed by atoms with Gasteiger partial charge in [-0.05, 0) is 36.6 Å². The van der Waals surface area contributed by atoms with E-state index >= 15 is 0 Å². The number of carbonyl (C=O) groups excluding carboxylic acids is 2. The monoisotopic (exact) mass is 477 g/mol. The lowest BCUT2D eigenvalue weighted by Crippen LogP contribution is -2.31. The van der Waals surface area contributed by atoms with E-state index in [0.717, 1.165) is 12.0 Å². The number of carbonyl (C=O) groups is 2. The van der Waals surface area contributed by atoms with Gasteiger partial charge in [0.2, 0.25) is 5.91 Å². The van der Waals surface area contributed by atoms with Crippen molar-refractivity contribution in [2.75, 3.05) is 6.61 Å². The Morgan fingerprint density at radius 2 is 1.82 bits per heavy atom. The predicted octanol–water partition coefficient (Wildman–Crippen LogP) is 5.13. The van der Waals surface area contributed by atoms with Crippen LogP contribution in [-0.4, -0.2) is 24.3 Å². The number of ether oxygens (including phenoxy) is 1. The molecule has 0 aromatic heterocycles. The highest BCUT2D eigenvalue weighted by atomic mass is 35.5. The van der Waals surface area contributed by atoms with E-state index in [0.29, 0.717) is 33.9 Å². The largest absolute Gasteiger partial charge is 0.463 e. The Morgan fingerprint density at radius 1 is 1.12 bits per heavy atom. The number of amides is 1. The third-order valence-electron chi connectivity index (χ3n) is 5.26. The summed E-state index contributed by atoms with van der Waals surface area (Å²) in [4.78, 5) is 30.1. The molecule has 1 atom stereocenters. The maximum Gasteiger partial charge on any atom is 0.336 e. The summed E-state index contributed by atoms with van der Waals surface area (Å²) in [7, 11) is 0. The van der Waals surface area contributed by atoms with E-state index in [4.69, 9.17) is 22.1 Å². The molecule has 0 aliphatic carbocycles. The lowest BCUT2D eigenvalue weighted by molar-refractivity contribution is -0.138. The third-order valence-corrected chi connectivity index (χ3v) is 5.60. The Bertz CT molecular complexity index is 1170. The normalized spacial score (nSPS) is 17.1. The van der Waals surface area contributed by atoms with Gasteiger partial charge in [0, 0.05) is 28.8 Å². The van der Waals surface area contributed by atoms with Crippen LogP contribution in [0.3, 0.4) is 0 Å². The van der Waals surface area contributed by atoms with Crippen LogP contribution in [-0.2, 0) is 14.3 Å². The second-order valence-electron chi connectivity index (χ2n) is 7.63. The quantitative estimate of drug-likeness (QED) is 0.407. The van der Waals surface area contributed by atoms with Crippen molar-refractivity contribution in [2.45, 2.75) is 32.6 Å². The number of hydrogen-bond donors (Lipinski definition) is 2. The van der Waals surface area contributed by atoms with Crippen LogP contribution < -0.4 is 11.1 Å². The molecule has 1 aliphatic heterocycles. The van der Waals surface area contributed by atoms with Crippen molar-refractivity contribution in [3.63, 3.8) is 0 Å². The van der Waals surface area contributed by atoms with Crippen LogP contribution in [0.1, 0.15) is 43.7 Å². The molecule has 0 bridgehead atoms. The van der Waals surface area contributed by atoms with Gasteiger partial charge in [-0.1, -0.05) is 73.5 Å². The summed E-state index contributed by atoms with van der Waals surface area (Å²) in [6.07, 6.45) is 5.95. The van der Waals surface area contributed by atoms with Crippen LogP contribution in [0.25, 0.3) is 6.08 Å². The highest BCUT2D eigenvalue weighted by Crippen LogP contribution is 2.41. The van der Waals surface area contributed by atoms with Gasteiger partial charge in [0.05, 0.1) is 17.9 Å². The molecular weight excluding hydrogens is 450 g/mol. The lowest BCUT2D eigenvalue weighted by Gasteiger charge is -2.29. The summed E-state index contributed by atoms with van der Waals surface area (Å²) in [5.41, 5.74) is 9.34. The first-order valence-electron chi connectivity index (χ1n) is 11.2. The van der Waals surface area contributed by atoms with Crippen molar-refractivity contribution in [1.29, 1.82) is 0 Å². The molecular formula is C27H28ClN3O3. The molecule has 1 amide bonds. The highest BCUT2D eigenvalue weighted by molar-refractivity contribution is 6.31. The first-order chi connectivity index (χ1) is 16.5. The van der Waals surface area contributed by atoms with Crippen LogP contribution in [0.4, 0.5) is 0 Å². The van der Waals surface area contributed by atoms with E-state index in [1.807, 2.05) is 55.5 Å². The van der Waals surface area contributed by atoms with E-state index in [1.54, 1.807) is 19.1 Å². The van der Waals surface area contributed by atoms with Gasteiger partial charge in [-0.25, -0.2) is 9.79 Å². The fraction of sp³-hybridized carbons (Fsp3) is 0.222. The van der Waals surface area contributed by atoms with Crippen molar-refractivity contribution >= 4 is 35.4 Å². The number of nitrogens with one attached hydrogen (secondary N) is 1. The molecule has 0 saturated heterocycles. The van der Waals surface area contributed by atoms with Gasteiger partial charge in [-0.15, -0.1) is 0 Å². The van der Waals surface area contributed by atoms with Gasteiger partial charge in [0.1, 0.15) is 5.84 Å². The Hall–Kier alpha value is -3.64. The highest BCUT2D eigenvalue weighted by Gasteiger charge is 2.36. The number of esters is 1. The van der Waals surface area contributed by atoms with Crippen molar-refractivity contribution < 1.29 is 14.3 Å². The average Bonchev–Trinajstić information content (AvgIpc) is 2.83. The fourth-order valence-corrected chi connectivity index (χ4v) is 3.98. The van der Waals surface area contributed by atoms with Crippen LogP contribution in [0.2, 0.25) is 5.02 Å². The Labute approximate surface area is 204 Å². The maximum absolute atomic E-state index is 13.1. The molecule has 3 rings (SSSR count). The van der Waals surface area contributed by atoms with E-state index in [-0.39, 0.29) is 18.3 Å². The maximum atomic E-state index is 13.1. The van der Waals surface area contributed by atoms with Gasteiger partial charge >= 0.3 is 5.97 Å². The molecule has 2 aromatic rings. The fourth-order valence-electron chi connectivity index (χ4n) is 3.73. The first-order valence-corrected chi connectivity index (χ1v) is 11.6. The standard InChI is InChI=1S/C27H28ClN3O3/c1-3-10-22-25(27(33)34-4-2)24(19-13-8-9-14-21(19)28)20(26(29)31-22)17-30-23(32)16-15-18-11-6-5-7-12-18/h5-9,11-17,24H,3-4,10H2,1-2H3,(H2,29,31)(H,30,32)/b16-15+,20-17-. The van der Waals surface area contributed by atoms with E-state index in [9.17, 15) is 9.59 Å². The third kappa shape index (κ3) is 6.02. The molecule has 34 heavy (non-hydrogen) atoms. The summed E-state index contributed by atoms with van der Waals surface area (Å²) in [5, 5.41) is 3.22. The second kappa shape index (κ2) is 12.0. The van der Waals surface area contributed by atoms with Crippen LogP contribution >= 0.6 is 11.6 Å². The number of aliphatic imine (C=N–C) groups is 1. The lowest BCUT2D eigenvalue weighted by atomic mass is 9.80. The van der Waals surface area contributed by atoms with E-state index in [2.05, 4.69) is 10.3 Å². The Morgan fingerprint density at radius 3 is 2.50 bits per heavy atom. The number of benzene rings is 2. The molecule has 0 fully saturated rings. The average molecular weight is 478 g/mol. The topological polar surface area (TPSA) is 93.8 Å². The number of hydrogen-bond acceptors (Lipinski definition) is 5. The predicted molar refractivity (Wildman–Crippen MR) is 136 cm³/mol. The number of allylic oxidation sites excluding steroid dienone is 1. The van der Waals surface area contributed by atoms with Gasteiger partial charge in [0.15, 0.2) is 0 Å². The molecule has 6 nitrogen and oxygen atoms in total. The SMILES string of the molecule is CCCC1=C(C(=O)OCC)C(c2ccccc2Cl)/C(=C/NC(=O)/C=C/c2ccccc2)C(N)=N1. The number of rotatable bonds is 8. The molecule has 1 aliphatic rings. The zero-order valence-electron chi connectivity index (χ0n) is 19.3. The molecule has 1 heterocycles. The number of amidine groups is 1. The van der Waals surface area contributed by atoms with Gasteiger partial charge in [0.25, 0.3) is 0 Å². The van der Waals surface area contributed by atoms with Crippen molar-refractivity contribution in [3.8, 4) is 0 Å². The molecule has 0 radical (unpaired) electrons. The number of nitrogens with zero attached hydrogens (tertiary/aromatic N) is 1. The minimum absolute atomic E-state index is 0.216. The van der Waals surface area contributed by atoms with Crippen molar-refractivity contribution in [2.24, 2.45) is 10.7 Å². The van der Waals surface area contributed by atoms with Crippen LogP contribution in [0, 0.1) is 0 Å². The molecule has 3 N–H and O–H groups in total. The van der Waals surface area contributed by atoms with Crippen molar-refractivity contribution in [1.82, 2.24) is 5.32 Å². The zero-order valence-corrected chi connectivity index (χ0v) is 20.0. The van der Waals surface area contributed by atoms with E-state index in [1.165, 1.54) is 12.3 Å². The second-order valence-corrected chi connectivity index (χ2v) is 8.04. The number of halogens is 1. The van der Waals surface area contributed by atoms with Gasteiger partial charge < -0.3 is 15.8 Å². The van der Waals surface area contributed by atoms with Crippen molar-refractivity contribution in [3.05, 3.63) is 99.9 Å². The van der Waals surface area contributed by atoms with Crippen LogP contribution in [0.5, 0.6) is 0 Å². The smallest absolute Gasteiger partial charge is 0.336 e.